The third-order valence-corrected chi connectivity index (χ3v) is 2.62. The molecule has 0 fully saturated rings. The molecule has 2 aromatic carbocycles. The fraction of sp³-hybridized carbons (Fsp3) is 0.200. The van der Waals surface area contributed by atoms with E-state index in [1.54, 1.807) is 0 Å². The molecule has 102 valence electrons. The monoisotopic (exact) mass is 258 g/mol. The number of anilines is 4. The average molecular weight is 258 g/mol. The van der Waals surface area contributed by atoms with E-state index in [-0.39, 0.29) is 0 Å². The summed E-state index contributed by atoms with van der Waals surface area (Å²) >= 11 is 0. The molecule has 0 saturated heterocycles. The second-order valence-corrected chi connectivity index (χ2v) is 4.33. The van der Waals surface area contributed by atoms with Crippen LogP contribution in [0.3, 0.4) is 0 Å². The number of nitrogens with one attached hydrogen (secondary N) is 1. The van der Waals surface area contributed by atoms with Crippen molar-refractivity contribution in [3.8, 4) is 0 Å². The van der Waals surface area contributed by atoms with Crippen LogP contribution in [0.4, 0.5) is 22.7 Å². The minimum absolute atomic E-state index is 0.792. The number of hydrogen-bond acceptors (Lipinski definition) is 4. The fourth-order valence-corrected chi connectivity index (χ4v) is 1.53. The third kappa shape index (κ3) is 4.79. The molecule has 0 aliphatic carbocycles. The molecule has 5 N–H and O–H groups in total. The van der Waals surface area contributed by atoms with Crippen molar-refractivity contribution >= 4 is 22.7 Å². The summed E-state index contributed by atoms with van der Waals surface area (Å²) in [7, 11) is 5.84. The van der Waals surface area contributed by atoms with Gasteiger partial charge in [-0.15, -0.1) is 0 Å². The van der Waals surface area contributed by atoms with Gasteiger partial charge in [0.2, 0.25) is 0 Å². The van der Waals surface area contributed by atoms with E-state index in [2.05, 4.69) is 5.32 Å². The van der Waals surface area contributed by atoms with Gasteiger partial charge in [-0.2, -0.15) is 0 Å². The summed E-state index contributed by atoms with van der Waals surface area (Å²) in [5.74, 6) is 0. The zero-order chi connectivity index (χ0) is 14.3. The maximum absolute atomic E-state index is 5.57. The first-order valence-corrected chi connectivity index (χ1v) is 6.09. The first-order chi connectivity index (χ1) is 9.04. The van der Waals surface area contributed by atoms with Gasteiger partial charge in [-0.1, -0.05) is 18.2 Å². The van der Waals surface area contributed by atoms with Gasteiger partial charge in [-0.25, -0.2) is 0 Å². The van der Waals surface area contributed by atoms with Crippen molar-refractivity contribution in [1.82, 2.24) is 0 Å². The van der Waals surface area contributed by atoms with Crippen LogP contribution in [0.25, 0.3) is 0 Å². The second-order valence-electron chi connectivity index (χ2n) is 4.33. The van der Waals surface area contributed by atoms with Crippen LogP contribution in [0.15, 0.2) is 48.5 Å². The maximum Gasteiger partial charge on any atom is 0.0571 e. The molecule has 0 radical (unpaired) electrons. The van der Waals surface area contributed by atoms with E-state index in [9.17, 15) is 0 Å². The molecule has 0 aliphatic heterocycles. The van der Waals surface area contributed by atoms with Gasteiger partial charge < -0.3 is 21.7 Å². The zero-order valence-corrected chi connectivity index (χ0v) is 11.7. The van der Waals surface area contributed by atoms with Crippen molar-refractivity contribution in [2.75, 3.05) is 42.8 Å². The predicted molar refractivity (Wildman–Crippen MR) is 85.6 cm³/mol. The van der Waals surface area contributed by atoms with E-state index >= 15 is 0 Å². The van der Waals surface area contributed by atoms with Crippen molar-refractivity contribution in [2.45, 2.75) is 0 Å². The summed E-state index contributed by atoms with van der Waals surface area (Å²) in [6.07, 6.45) is 0. The Kier molecular flexibility index (Phi) is 5.54. The lowest BCUT2D eigenvalue weighted by atomic mass is 10.3. The number of nitrogen functional groups attached to an aromatic ring is 2. The molecule has 0 aromatic heterocycles. The molecule has 0 amide bonds. The largest absolute Gasteiger partial charge is 0.399 e. The topological polar surface area (TPSA) is 67.3 Å². The Morgan fingerprint density at radius 2 is 1.63 bits per heavy atom. The zero-order valence-electron chi connectivity index (χ0n) is 11.7. The standard InChI is InChI=1S/C8H12N2.C7H10N2/c1-10(2)8-5-3-4-7(9)6-8;1-9-7-5-3-2-4-6(7)8/h3-6H,9H2,1-2H3;2-5,9H,8H2,1H3. The number of rotatable bonds is 2. The first kappa shape index (κ1) is 14.7. The SMILES string of the molecule is CN(C)c1cccc(N)c1.CNc1ccccc1N. The van der Waals surface area contributed by atoms with Crippen molar-refractivity contribution in [2.24, 2.45) is 0 Å². The minimum atomic E-state index is 0.792. The van der Waals surface area contributed by atoms with Gasteiger partial charge in [0.25, 0.3) is 0 Å². The fourth-order valence-electron chi connectivity index (χ4n) is 1.53. The number of para-hydroxylation sites is 2. The minimum Gasteiger partial charge on any atom is -0.399 e. The molecular weight excluding hydrogens is 236 g/mol. The highest BCUT2D eigenvalue weighted by molar-refractivity contribution is 5.65. The van der Waals surface area contributed by atoms with E-state index in [4.69, 9.17) is 11.5 Å². The average Bonchev–Trinajstić information content (AvgIpc) is 2.40. The van der Waals surface area contributed by atoms with Crippen LogP contribution < -0.4 is 21.7 Å². The van der Waals surface area contributed by atoms with Gasteiger partial charge >= 0.3 is 0 Å². The lowest BCUT2D eigenvalue weighted by Crippen LogP contribution is -2.08. The smallest absolute Gasteiger partial charge is 0.0571 e. The van der Waals surface area contributed by atoms with E-state index < -0.39 is 0 Å². The Balaban J connectivity index is 0.000000191. The van der Waals surface area contributed by atoms with Gasteiger partial charge in [-0.05, 0) is 30.3 Å². The summed E-state index contributed by atoms with van der Waals surface area (Å²) in [4.78, 5) is 2.02. The van der Waals surface area contributed by atoms with Crippen molar-refractivity contribution < 1.29 is 0 Å². The molecule has 4 heteroatoms. The molecule has 0 atom stereocenters. The van der Waals surface area contributed by atoms with Crippen LogP contribution in [0, 0.1) is 0 Å². The Morgan fingerprint density at radius 3 is 2.05 bits per heavy atom. The third-order valence-electron chi connectivity index (χ3n) is 2.62. The molecule has 19 heavy (non-hydrogen) atoms. The molecular formula is C15H22N4. The summed E-state index contributed by atoms with van der Waals surface area (Å²) < 4.78 is 0. The highest BCUT2D eigenvalue weighted by atomic mass is 15.1. The van der Waals surface area contributed by atoms with Gasteiger partial charge in [0, 0.05) is 32.5 Å². The predicted octanol–water partition coefficient (Wildman–Crippen LogP) is 2.65. The molecule has 0 saturated carbocycles. The van der Waals surface area contributed by atoms with E-state index in [0.29, 0.717) is 0 Å². The summed E-state index contributed by atoms with van der Waals surface area (Å²) in [5, 5.41) is 2.97. The van der Waals surface area contributed by atoms with Gasteiger partial charge in [0.1, 0.15) is 0 Å². The Hall–Kier alpha value is -2.36. The number of nitrogens with two attached hydrogens (primary N) is 2. The van der Waals surface area contributed by atoms with Gasteiger partial charge in [0.15, 0.2) is 0 Å². The van der Waals surface area contributed by atoms with Crippen molar-refractivity contribution in [1.29, 1.82) is 0 Å². The lowest BCUT2D eigenvalue weighted by molar-refractivity contribution is 1.13. The normalized spacial score (nSPS) is 9.21. The summed E-state index contributed by atoms with van der Waals surface area (Å²) in [5.41, 5.74) is 14.9. The Morgan fingerprint density at radius 1 is 0.947 bits per heavy atom. The molecule has 0 heterocycles. The summed E-state index contributed by atoms with van der Waals surface area (Å²) in [6.45, 7) is 0. The number of hydrogen-bond donors (Lipinski definition) is 3. The maximum atomic E-state index is 5.57. The second kappa shape index (κ2) is 7.16. The number of benzene rings is 2. The van der Waals surface area contributed by atoms with E-state index in [1.807, 2.05) is 74.6 Å². The lowest BCUT2D eigenvalue weighted by Gasteiger charge is -2.11. The van der Waals surface area contributed by atoms with Crippen LogP contribution >= 0.6 is 0 Å². The van der Waals surface area contributed by atoms with Gasteiger partial charge in [-0.3, -0.25) is 0 Å². The molecule has 4 nitrogen and oxygen atoms in total. The summed E-state index contributed by atoms with van der Waals surface area (Å²) in [6, 6.07) is 15.5. The van der Waals surface area contributed by atoms with E-state index in [0.717, 1.165) is 22.7 Å². The van der Waals surface area contributed by atoms with Crippen LogP contribution in [0.2, 0.25) is 0 Å². The van der Waals surface area contributed by atoms with Crippen LogP contribution in [-0.4, -0.2) is 21.1 Å². The molecule has 0 spiro atoms. The first-order valence-electron chi connectivity index (χ1n) is 6.09. The molecule has 0 bridgehead atoms. The quantitative estimate of drug-likeness (QED) is 0.724. The van der Waals surface area contributed by atoms with E-state index in [1.165, 1.54) is 0 Å². The Bertz CT molecular complexity index is 509. The van der Waals surface area contributed by atoms with Crippen LogP contribution in [0.5, 0.6) is 0 Å². The molecule has 2 aromatic rings. The highest BCUT2D eigenvalue weighted by Crippen LogP contribution is 2.15. The molecule has 0 aliphatic rings. The number of nitrogens with zero attached hydrogens (tertiary/aromatic N) is 1. The molecule has 0 unspecified atom stereocenters. The molecule has 2 rings (SSSR count). The van der Waals surface area contributed by atoms with Crippen molar-refractivity contribution in [3.63, 3.8) is 0 Å². The van der Waals surface area contributed by atoms with Gasteiger partial charge in [0.05, 0.1) is 11.4 Å². The van der Waals surface area contributed by atoms with Crippen LogP contribution in [-0.2, 0) is 0 Å². The van der Waals surface area contributed by atoms with Crippen LogP contribution in [0.1, 0.15) is 0 Å². The van der Waals surface area contributed by atoms with Crippen molar-refractivity contribution in [3.05, 3.63) is 48.5 Å². The highest BCUT2D eigenvalue weighted by Gasteiger charge is 1.92. The Labute approximate surface area is 115 Å².